The topological polar surface area (TPSA) is 27.7 Å². The second-order valence-electron chi connectivity index (χ2n) is 6.18. The number of rotatable bonds is 3. The van der Waals surface area contributed by atoms with E-state index in [1.165, 1.54) is 5.57 Å². The first-order valence-corrected chi connectivity index (χ1v) is 7.45. The molecule has 0 bridgehead atoms. The summed E-state index contributed by atoms with van der Waals surface area (Å²) < 4.78 is 17.2. The molecule has 0 fully saturated rings. The van der Waals surface area contributed by atoms with Crippen molar-refractivity contribution in [2.75, 3.05) is 13.7 Å². The minimum Gasteiger partial charge on any atom is -0.497 e. The highest BCUT2D eigenvalue weighted by Gasteiger charge is 2.37. The van der Waals surface area contributed by atoms with Crippen molar-refractivity contribution >= 4 is 6.08 Å². The molecule has 1 atom stereocenters. The van der Waals surface area contributed by atoms with Crippen molar-refractivity contribution in [3.63, 3.8) is 0 Å². The average molecular weight is 286 g/mol. The zero-order chi connectivity index (χ0) is 15.0. The molecule has 21 heavy (non-hydrogen) atoms. The van der Waals surface area contributed by atoms with Gasteiger partial charge in [0.15, 0.2) is 0 Å². The first kappa shape index (κ1) is 14.2. The van der Waals surface area contributed by atoms with Crippen LogP contribution in [-0.2, 0) is 4.74 Å². The Morgan fingerprint density at radius 1 is 1.33 bits per heavy atom. The monoisotopic (exact) mass is 286 g/mol. The minimum absolute atomic E-state index is 0.0324. The molecule has 1 heterocycles. The molecule has 0 saturated heterocycles. The summed E-state index contributed by atoms with van der Waals surface area (Å²) in [5, 5.41) is 0. The van der Waals surface area contributed by atoms with Gasteiger partial charge in [-0.05, 0) is 49.1 Å². The molecule has 112 valence electrons. The van der Waals surface area contributed by atoms with E-state index in [1.807, 2.05) is 25.1 Å². The minimum atomic E-state index is 0.0324. The van der Waals surface area contributed by atoms with E-state index in [-0.39, 0.29) is 11.5 Å². The van der Waals surface area contributed by atoms with Crippen LogP contribution in [0, 0.1) is 5.41 Å². The molecule has 3 rings (SSSR count). The van der Waals surface area contributed by atoms with Crippen molar-refractivity contribution in [2.45, 2.75) is 33.3 Å². The van der Waals surface area contributed by atoms with E-state index in [4.69, 9.17) is 14.2 Å². The molecule has 0 spiro atoms. The lowest BCUT2D eigenvalue weighted by atomic mass is 9.73. The highest BCUT2D eigenvalue weighted by atomic mass is 16.5. The van der Waals surface area contributed by atoms with Gasteiger partial charge >= 0.3 is 0 Å². The Morgan fingerprint density at radius 3 is 2.86 bits per heavy atom. The molecule has 3 nitrogen and oxygen atoms in total. The standard InChI is InChI=1S/C18H22O3/c1-5-20-14-10-17-15(18(2,3)11-14)9-12-8-13(19-4)6-7-16(12)21-17/h6-10,14H,5,11H2,1-4H3. The van der Waals surface area contributed by atoms with Crippen molar-refractivity contribution in [1.29, 1.82) is 0 Å². The molecule has 0 aromatic heterocycles. The third-order valence-electron chi connectivity index (χ3n) is 4.16. The summed E-state index contributed by atoms with van der Waals surface area (Å²) in [6, 6.07) is 5.90. The Balaban J connectivity index is 2.04. The van der Waals surface area contributed by atoms with Crippen molar-refractivity contribution in [3.8, 4) is 11.5 Å². The summed E-state index contributed by atoms with van der Waals surface area (Å²) in [7, 11) is 1.68. The predicted octanol–water partition coefficient (Wildman–Crippen LogP) is 4.19. The van der Waals surface area contributed by atoms with Crippen molar-refractivity contribution < 1.29 is 14.2 Å². The molecule has 1 unspecified atom stereocenters. The zero-order valence-corrected chi connectivity index (χ0v) is 13.1. The number of hydrogen-bond donors (Lipinski definition) is 0. The van der Waals surface area contributed by atoms with Crippen LogP contribution in [0.5, 0.6) is 11.5 Å². The van der Waals surface area contributed by atoms with E-state index < -0.39 is 0 Å². The Morgan fingerprint density at radius 2 is 2.14 bits per heavy atom. The van der Waals surface area contributed by atoms with Gasteiger partial charge in [-0.15, -0.1) is 0 Å². The van der Waals surface area contributed by atoms with E-state index in [0.29, 0.717) is 0 Å². The maximum absolute atomic E-state index is 6.10. The largest absolute Gasteiger partial charge is 0.497 e. The van der Waals surface area contributed by atoms with Crippen LogP contribution in [-0.4, -0.2) is 19.8 Å². The third kappa shape index (κ3) is 2.58. The molecule has 1 aliphatic carbocycles. The molecule has 1 aromatic carbocycles. The van der Waals surface area contributed by atoms with Crippen LogP contribution < -0.4 is 9.47 Å². The quantitative estimate of drug-likeness (QED) is 0.834. The highest BCUT2D eigenvalue weighted by molar-refractivity contribution is 5.69. The van der Waals surface area contributed by atoms with Crippen LogP contribution in [0.3, 0.4) is 0 Å². The van der Waals surface area contributed by atoms with Crippen molar-refractivity contribution in [1.82, 2.24) is 0 Å². The molecule has 0 radical (unpaired) electrons. The average Bonchev–Trinajstić information content (AvgIpc) is 2.45. The molecule has 0 amide bonds. The second kappa shape index (κ2) is 5.23. The van der Waals surface area contributed by atoms with Gasteiger partial charge in [0.25, 0.3) is 0 Å². The molecule has 0 saturated carbocycles. The van der Waals surface area contributed by atoms with Gasteiger partial charge in [-0.25, -0.2) is 0 Å². The van der Waals surface area contributed by atoms with Crippen LogP contribution in [0.2, 0.25) is 0 Å². The lowest BCUT2D eigenvalue weighted by Crippen LogP contribution is -2.32. The van der Waals surface area contributed by atoms with Crippen molar-refractivity contribution in [2.24, 2.45) is 5.41 Å². The normalized spacial score (nSPS) is 22.4. The van der Waals surface area contributed by atoms with Gasteiger partial charge in [0.05, 0.1) is 13.2 Å². The van der Waals surface area contributed by atoms with Gasteiger partial charge in [-0.1, -0.05) is 13.8 Å². The van der Waals surface area contributed by atoms with Gasteiger partial charge in [-0.2, -0.15) is 0 Å². The van der Waals surface area contributed by atoms with Gasteiger partial charge in [0.1, 0.15) is 17.3 Å². The molecule has 1 aromatic rings. The number of methoxy groups -OCH3 is 1. The third-order valence-corrected chi connectivity index (χ3v) is 4.16. The first-order valence-electron chi connectivity index (χ1n) is 7.45. The van der Waals surface area contributed by atoms with Gasteiger partial charge in [-0.3, -0.25) is 0 Å². The molecule has 0 N–H and O–H groups in total. The summed E-state index contributed by atoms with van der Waals surface area (Å²) in [4.78, 5) is 0. The van der Waals surface area contributed by atoms with Crippen LogP contribution >= 0.6 is 0 Å². The fraction of sp³-hybridized carbons (Fsp3) is 0.444. The number of benzene rings is 1. The molecule has 1 aliphatic heterocycles. The Hall–Kier alpha value is -1.74. The van der Waals surface area contributed by atoms with Crippen LogP contribution in [0.1, 0.15) is 32.8 Å². The summed E-state index contributed by atoms with van der Waals surface area (Å²) in [6.07, 6.45) is 5.42. The number of fused-ring (bicyclic) bond motifs is 2. The van der Waals surface area contributed by atoms with E-state index in [2.05, 4.69) is 26.0 Å². The van der Waals surface area contributed by atoms with E-state index in [1.54, 1.807) is 7.11 Å². The fourth-order valence-corrected chi connectivity index (χ4v) is 3.07. The lowest BCUT2D eigenvalue weighted by Gasteiger charge is -2.38. The molecule has 2 aliphatic rings. The van der Waals surface area contributed by atoms with E-state index >= 15 is 0 Å². The Kier molecular flexibility index (Phi) is 3.54. The number of ether oxygens (including phenoxy) is 3. The van der Waals surface area contributed by atoms with Crippen LogP contribution in [0.25, 0.3) is 6.08 Å². The van der Waals surface area contributed by atoms with Gasteiger partial charge in [0, 0.05) is 17.7 Å². The number of allylic oxidation sites excluding steroid dienone is 1. The maximum Gasteiger partial charge on any atom is 0.134 e. The Labute approximate surface area is 126 Å². The van der Waals surface area contributed by atoms with Crippen LogP contribution in [0.4, 0.5) is 0 Å². The first-order chi connectivity index (χ1) is 10.0. The lowest BCUT2D eigenvalue weighted by molar-refractivity contribution is 0.0604. The summed E-state index contributed by atoms with van der Waals surface area (Å²) in [6.45, 7) is 7.23. The summed E-state index contributed by atoms with van der Waals surface area (Å²) >= 11 is 0. The molecular formula is C18H22O3. The smallest absolute Gasteiger partial charge is 0.134 e. The van der Waals surface area contributed by atoms with Crippen molar-refractivity contribution in [3.05, 3.63) is 41.2 Å². The summed E-state index contributed by atoms with van der Waals surface area (Å²) in [5.41, 5.74) is 2.34. The maximum atomic E-state index is 6.10. The SMILES string of the molecule is CCOC1C=C2Oc3ccc(OC)cc3C=C2C(C)(C)C1. The summed E-state index contributed by atoms with van der Waals surface area (Å²) in [5.74, 6) is 2.66. The Bertz CT molecular complexity index is 611. The number of hydrogen-bond acceptors (Lipinski definition) is 3. The van der Waals surface area contributed by atoms with Gasteiger partial charge < -0.3 is 14.2 Å². The fourth-order valence-electron chi connectivity index (χ4n) is 3.07. The van der Waals surface area contributed by atoms with Gasteiger partial charge in [0.2, 0.25) is 0 Å². The predicted molar refractivity (Wildman–Crippen MR) is 83.5 cm³/mol. The van der Waals surface area contributed by atoms with Crippen LogP contribution in [0.15, 0.2) is 35.6 Å². The molecular weight excluding hydrogens is 264 g/mol. The van der Waals surface area contributed by atoms with E-state index in [0.717, 1.165) is 35.8 Å². The molecule has 3 heteroatoms. The highest BCUT2D eigenvalue weighted by Crippen LogP contribution is 2.46. The second-order valence-corrected chi connectivity index (χ2v) is 6.18. The van der Waals surface area contributed by atoms with E-state index in [9.17, 15) is 0 Å². The zero-order valence-electron chi connectivity index (χ0n) is 13.1.